The number of benzene rings is 4. The quantitative estimate of drug-likeness (QED) is 0.134. The van der Waals surface area contributed by atoms with E-state index < -0.39 is 17.7 Å². The third-order valence-corrected chi connectivity index (χ3v) is 8.00. The molecule has 0 aliphatic rings. The van der Waals surface area contributed by atoms with Gasteiger partial charge in [0.15, 0.2) is 0 Å². The summed E-state index contributed by atoms with van der Waals surface area (Å²) in [4.78, 5) is 13.3. The number of carboxylic acids is 1. The molecule has 1 heterocycles. The Labute approximate surface area is 259 Å². The Morgan fingerprint density at radius 2 is 1.59 bits per heavy atom. The molecule has 228 valence electrons. The van der Waals surface area contributed by atoms with Crippen molar-refractivity contribution in [1.29, 1.82) is 0 Å². The van der Waals surface area contributed by atoms with Crippen molar-refractivity contribution in [2.24, 2.45) is 0 Å². The highest BCUT2D eigenvalue weighted by atomic mass is 35.5. The van der Waals surface area contributed by atoms with Crippen LogP contribution in [-0.2, 0) is 24.1 Å². The van der Waals surface area contributed by atoms with E-state index in [0.29, 0.717) is 37.4 Å². The Balaban J connectivity index is 1.34. The lowest BCUT2D eigenvalue weighted by Crippen LogP contribution is -2.31. The molecule has 44 heavy (non-hydrogen) atoms. The number of ether oxygens (including phenoxy) is 1. The molecular formula is C35H32ClF3N2O3. The summed E-state index contributed by atoms with van der Waals surface area (Å²) in [5, 5.41) is 9.72. The first kappa shape index (κ1) is 31.2. The number of carbonyl (C=O) groups is 1. The van der Waals surface area contributed by atoms with E-state index in [9.17, 15) is 18.0 Å². The zero-order valence-electron chi connectivity index (χ0n) is 23.9. The first-order chi connectivity index (χ1) is 21.2. The topological polar surface area (TPSA) is 54.7 Å². The van der Waals surface area contributed by atoms with E-state index >= 15 is 0 Å². The SMILES string of the molecule is O=C(O)Cn1ccc2cc(OCCCN(Cc3cccc(C(F)(F)F)c3Cl)CC(c3ccccc3)c3ccccc3)ccc21. The molecule has 1 N–H and O–H groups in total. The van der Waals surface area contributed by atoms with Crippen LogP contribution in [0.5, 0.6) is 5.75 Å². The average Bonchev–Trinajstić information content (AvgIpc) is 3.40. The number of carboxylic acid groups (broad SMARTS) is 1. The Hall–Kier alpha value is -4.27. The number of halogens is 4. The van der Waals surface area contributed by atoms with Gasteiger partial charge in [-0.25, -0.2) is 0 Å². The van der Waals surface area contributed by atoms with Gasteiger partial charge < -0.3 is 14.4 Å². The predicted octanol–water partition coefficient (Wildman–Crippen LogP) is 8.50. The van der Waals surface area contributed by atoms with Crippen molar-refractivity contribution < 1.29 is 27.8 Å². The van der Waals surface area contributed by atoms with Gasteiger partial charge >= 0.3 is 12.1 Å². The number of hydrogen-bond donors (Lipinski definition) is 1. The zero-order valence-corrected chi connectivity index (χ0v) is 24.6. The summed E-state index contributed by atoms with van der Waals surface area (Å²) in [5.74, 6) is -0.273. The van der Waals surface area contributed by atoms with Crippen molar-refractivity contribution >= 4 is 28.5 Å². The van der Waals surface area contributed by atoms with Crippen LogP contribution in [0.25, 0.3) is 10.9 Å². The fourth-order valence-electron chi connectivity index (χ4n) is 5.46. The normalized spacial score (nSPS) is 11.9. The van der Waals surface area contributed by atoms with Crippen LogP contribution < -0.4 is 4.74 Å². The molecule has 0 atom stereocenters. The van der Waals surface area contributed by atoms with Gasteiger partial charge in [0.05, 0.1) is 17.2 Å². The molecule has 5 aromatic rings. The maximum Gasteiger partial charge on any atom is 0.417 e. The maximum atomic E-state index is 13.6. The Morgan fingerprint density at radius 3 is 2.23 bits per heavy atom. The molecule has 0 saturated carbocycles. The molecule has 0 unspecified atom stereocenters. The summed E-state index contributed by atoms with van der Waals surface area (Å²) in [6, 6.07) is 31.5. The highest BCUT2D eigenvalue weighted by molar-refractivity contribution is 6.32. The highest BCUT2D eigenvalue weighted by Crippen LogP contribution is 2.37. The van der Waals surface area contributed by atoms with E-state index in [1.54, 1.807) is 16.8 Å². The molecule has 5 nitrogen and oxygen atoms in total. The fraction of sp³-hybridized carbons (Fsp3) is 0.229. The molecule has 0 amide bonds. The lowest BCUT2D eigenvalue weighted by atomic mass is 9.90. The molecule has 0 radical (unpaired) electrons. The molecule has 4 aromatic carbocycles. The third kappa shape index (κ3) is 7.81. The molecule has 0 aliphatic carbocycles. The molecule has 0 bridgehead atoms. The lowest BCUT2D eigenvalue weighted by Gasteiger charge is -2.29. The predicted molar refractivity (Wildman–Crippen MR) is 166 cm³/mol. The Morgan fingerprint density at radius 1 is 0.909 bits per heavy atom. The number of hydrogen-bond acceptors (Lipinski definition) is 3. The smallest absolute Gasteiger partial charge is 0.417 e. The van der Waals surface area contributed by atoms with Crippen LogP contribution in [0.3, 0.4) is 0 Å². The van der Waals surface area contributed by atoms with Gasteiger partial charge in [0.1, 0.15) is 12.3 Å². The Kier molecular flexibility index (Phi) is 9.92. The summed E-state index contributed by atoms with van der Waals surface area (Å²) < 4.78 is 48.6. The first-order valence-corrected chi connectivity index (χ1v) is 14.7. The second kappa shape index (κ2) is 14.0. The first-order valence-electron chi connectivity index (χ1n) is 14.3. The van der Waals surface area contributed by atoms with Crippen molar-refractivity contribution in [3.8, 4) is 5.75 Å². The number of fused-ring (bicyclic) bond motifs is 1. The van der Waals surface area contributed by atoms with Crippen molar-refractivity contribution in [3.05, 3.63) is 137 Å². The monoisotopic (exact) mass is 620 g/mol. The van der Waals surface area contributed by atoms with Gasteiger partial charge in [-0.1, -0.05) is 84.4 Å². The Bertz CT molecular complexity index is 1650. The zero-order chi connectivity index (χ0) is 31.1. The number of nitrogens with zero attached hydrogens (tertiary/aromatic N) is 2. The molecule has 0 fully saturated rings. The van der Waals surface area contributed by atoms with Crippen LogP contribution in [0.2, 0.25) is 5.02 Å². The molecular weight excluding hydrogens is 589 g/mol. The molecule has 0 aliphatic heterocycles. The van der Waals surface area contributed by atoms with E-state index in [1.165, 1.54) is 6.07 Å². The van der Waals surface area contributed by atoms with Crippen molar-refractivity contribution in [2.75, 3.05) is 19.7 Å². The van der Waals surface area contributed by atoms with E-state index in [-0.39, 0.29) is 24.0 Å². The second-order valence-corrected chi connectivity index (χ2v) is 11.0. The maximum absolute atomic E-state index is 13.6. The molecule has 0 saturated heterocycles. The minimum Gasteiger partial charge on any atom is -0.494 e. The largest absolute Gasteiger partial charge is 0.494 e. The minimum atomic E-state index is -4.54. The third-order valence-electron chi connectivity index (χ3n) is 7.56. The molecule has 1 aromatic heterocycles. The average molecular weight is 621 g/mol. The minimum absolute atomic E-state index is 0.0138. The summed E-state index contributed by atoms with van der Waals surface area (Å²) in [7, 11) is 0. The fourth-order valence-corrected chi connectivity index (χ4v) is 5.75. The second-order valence-electron chi connectivity index (χ2n) is 10.6. The summed E-state index contributed by atoms with van der Waals surface area (Å²) in [5.41, 5.74) is 2.60. The molecule has 9 heteroatoms. The lowest BCUT2D eigenvalue weighted by molar-refractivity contribution is -0.138. The molecule has 0 spiro atoms. The van der Waals surface area contributed by atoms with Gasteiger partial charge in [0.25, 0.3) is 0 Å². The highest BCUT2D eigenvalue weighted by Gasteiger charge is 2.34. The van der Waals surface area contributed by atoms with Gasteiger partial charge in [-0.3, -0.25) is 9.69 Å². The van der Waals surface area contributed by atoms with Gasteiger partial charge in [-0.05, 0) is 53.4 Å². The number of aliphatic carboxylic acids is 1. The number of rotatable bonds is 13. The van der Waals surface area contributed by atoms with E-state index in [4.69, 9.17) is 21.4 Å². The summed E-state index contributed by atoms with van der Waals surface area (Å²) in [6.45, 7) is 1.61. The van der Waals surface area contributed by atoms with E-state index in [2.05, 4.69) is 29.2 Å². The van der Waals surface area contributed by atoms with Crippen LogP contribution in [0, 0.1) is 0 Å². The van der Waals surface area contributed by atoms with Gasteiger partial charge in [0, 0.05) is 42.7 Å². The summed E-state index contributed by atoms with van der Waals surface area (Å²) >= 11 is 6.32. The number of alkyl halides is 3. The van der Waals surface area contributed by atoms with E-state index in [0.717, 1.165) is 28.1 Å². The van der Waals surface area contributed by atoms with Crippen LogP contribution in [0.15, 0.2) is 109 Å². The van der Waals surface area contributed by atoms with Crippen LogP contribution >= 0.6 is 11.6 Å². The van der Waals surface area contributed by atoms with Crippen LogP contribution in [0.1, 0.15) is 34.6 Å². The van der Waals surface area contributed by atoms with Gasteiger partial charge in [-0.15, -0.1) is 0 Å². The van der Waals surface area contributed by atoms with Crippen molar-refractivity contribution in [2.45, 2.75) is 31.6 Å². The van der Waals surface area contributed by atoms with E-state index in [1.807, 2.05) is 60.7 Å². The van der Waals surface area contributed by atoms with Gasteiger partial charge in [0.2, 0.25) is 0 Å². The standard InChI is InChI=1S/C35H32ClF3N2O3/c36-34-28(13-7-14-31(34)35(37,38)39)22-40(23-30(25-9-3-1-4-10-25)26-11-5-2-6-12-26)18-8-20-44-29-15-16-32-27(21-29)17-19-41(32)24-33(42)43/h1-7,9-17,19,21,30H,8,18,20,22-24H2,(H,42,43). The van der Waals surface area contributed by atoms with Gasteiger partial charge in [-0.2, -0.15) is 13.2 Å². The van der Waals surface area contributed by atoms with Crippen LogP contribution in [0.4, 0.5) is 13.2 Å². The molecule has 5 rings (SSSR count). The van der Waals surface area contributed by atoms with Crippen molar-refractivity contribution in [3.63, 3.8) is 0 Å². The number of aromatic nitrogens is 1. The van der Waals surface area contributed by atoms with Crippen molar-refractivity contribution in [1.82, 2.24) is 9.47 Å². The summed E-state index contributed by atoms with van der Waals surface area (Å²) in [6.07, 6.45) is -2.20. The van der Waals surface area contributed by atoms with Crippen LogP contribution in [-0.4, -0.2) is 40.2 Å².